The number of aliphatic hydroxyl groups is 1. The third-order valence-electron chi connectivity index (χ3n) is 6.29. The number of rotatable bonds is 6. The lowest BCUT2D eigenvalue weighted by molar-refractivity contribution is -0.136. The fourth-order valence-electron chi connectivity index (χ4n) is 4.47. The first-order valence-corrected chi connectivity index (χ1v) is 11.9. The van der Waals surface area contributed by atoms with Crippen molar-refractivity contribution in [1.29, 1.82) is 0 Å². The molecule has 0 aliphatic carbocycles. The molecule has 174 valence electrons. The highest BCUT2D eigenvalue weighted by Gasteiger charge is 2.50. The molecule has 0 bridgehead atoms. The third kappa shape index (κ3) is 4.37. The molecule has 5 rings (SSSR count). The summed E-state index contributed by atoms with van der Waals surface area (Å²) < 4.78 is 0. The van der Waals surface area contributed by atoms with Crippen molar-refractivity contribution in [3.05, 3.63) is 124 Å². The molecule has 0 saturated carbocycles. The van der Waals surface area contributed by atoms with Gasteiger partial charge in [-0.3, -0.25) is 9.59 Å². The molecule has 1 unspecified atom stereocenters. The van der Waals surface area contributed by atoms with Crippen LogP contribution in [0, 0.1) is 0 Å². The predicted molar refractivity (Wildman–Crippen MR) is 139 cm³/mol. The number of nitrogens with zero attached hydrogens (tertiary/aromatic N) is 1. The Hall–Kier alpha value is -3.44. The number of benzene rings is 4. The molecule has 4 aromatic carbocycles. The predicted octanol–water partition coefficient (Wildman–Crippen LogP) is 6.67. The molecule has 0 radical (unpaired) electrons. The van der Waals surface area contributed by atoms with Crippen LogP contribution in [0.2, 0.25) is 10.0 Å². The van der Waals surface area contributed by atoms with E-state index < -0.39 is 11.5 Å². The average Bonchev–Trinajstić information content (AvgIpc) is 3.08. The first-order valence-electron chi connectivity index (χ1n) is 11.1. The van der Waals surface area contributed by atoms with Crippen molar-refractivity contribution >= 4 is 40.6 Å². The fraction of sp³-hybridized carbons (Fsp3) is 0.103. The quantitative estimate of drug-likeness (QED) is 0.300. The van der Waals surface area contributed by atoms with Crippen LogP contribution >= 0.6 is 23.2 Å². The van der Waals surface area contributed by atoms with E-state index in [0.717, 1.165) is 16.7 Å². The van der Waals surface area contributed by atoms with E-state index in [1.807, 2.05) is 42.5 Å². The summed E-state index contributed by atoms with van der Waals surface area (Å²) in [6.45, 7) is 0.189. The molecular formula is C29H21Cl2NO3. The van der Waals surface area contributed by atoms with Crippen LogP contribution in [0.1, 0.15) is 27.9 Å². The van der Waals surface area contributed by atoms with E-state index in [1.54, 1.807) is 54.6 Å². The van der Waals surface area contributed by atoms with Gasteiger partial charge in [0, 0.05) is 11.1 Å². The number of carbonyl (C=O) groups is 2. The summed E-state index contributed by atoms with van der Waals surface area (Å²) in [7, 11) is 0. The summed E-state index contributed by atoms with van der Waals surface area (Å²) in [5.41, 5.74) is 2.25. The zero-order chi connectivity index (χ0) is 24.6. The summed E-state index contributed by atoms with van der Waals surface area (Å²) in [6.07, 6.45) is -0.356. The van der Waals surface area contributed by atoms with Crippen LogP contribution in [-0.4, -0.2) is 16.8 Å². The molecule has 4 aromatic rings. The van der Waals surface area contributed by atoms with Crippen LogP contribution in [0.15, 0.2) is 97.1 Å². The molecular weight excluding hydrogens is 481 g/mol. The normalized spacial score (nSPS) is 16.9. The molecule has 35 heavy (non-hydrogen) atoms. The van der Waals surface area contributed by atoms with E-state index in [1.165, 1.54) is 4.90 Å². The number of carbonyl (C=O) groups excluding carboxylic acids is 2. The maximum absolute atomic E-state index is 13.5. The van der Waals surface area contributed by atoms with Gasteiger partial charge in [0.25, 0.3) is 5.91 Å². The van der Waals surface area contributed by atoms with Gasteiger partial charge in [0.05, 0.1) is 28.7 Å². The minimum absolute atomic E-state index is 0.189. The van der Waals surface area contributed by atoms with Gasteiger partial charge in [-0.05, 0) is 34.9 Å². The van der Waals surface area contributed by atoms with Crippen LogP contribution < -0.4 is 4.90 Å². The SMILES string of the molecule is O=C(CC1(O)C(=O)N(Cc2ccc(Cl)c(Cl)c2)c2ccccc21)c1ccc(-c2ccccc2)cc1. The molecule has 6 heteroatoms. The maximum Gasteiger partial charge on any atom is 0.264 e. The van der Waals surface area contributed by atoms with Crippen molar-refractivity contribution in [2.45, 2.75) is 18.6 Å². The van der Waals surface area contributed by atoms with Gasteiger partial charge >= 0.3 is 0 Å². The Balaban J connectivity index is 1.41. The summed E-state index contributed by atoms with van der Waals surface area (Å²) in [5, 5.41) is 12.4. The number of hydrogen-bond acceptors (Lipinski definition) is 3. The molecule has 4 nitrogen and oxygen atoms in total. The van der Waals surface area contributed by atoms with Crippen molar-refractivity contribution in [3.8, 4) is 11.1 Å². The molecule has 0 spiro atoms. The molecule has 1 aliphatic rings. The van der Waals surface area contributed by atoms with E-state index >= 15 is 0 Å². The number of amides is 1. The van der Waals surface area contributed by atoms with Gasteiger partial charge in [-0.25, -0.2) is 0 Å². The molecule has 1 N–H and O–H groups in total. The smallest absolute Gasteiger partial charge is 0.264 e. The Morgan fingerprint density at radius 1 is 0.800 bits per heavy atom. The Morgan fingerprint density at radius 2 is 1.46 bits per heavy atom. The van der Waals surface area contributed by atoms with Gasteiger partial charge in [-0.15, -0.1) is 0 Å². The van der Waals surface area contributed by atoms with E-state index in [0.29, 0.717) is 26.9 Å². The zero-order valence-corrected chi connectivity index (χ0v) is 20.1. The molecule has 0 fully saturated rings. The highest BCUT2D eigenvalue weighted by molar-refractivity contribution is 6.42. The minimum atomic E-state index is -1.96. The van der Waals surface area contributed by atoms with Crippen LogP contribution in [0.3, 0.4) is 0 Å². The van der Waals surface area contributed by atoms with Crippen molar-refractivity contribution in [1.82, 2.24) is 0 Å². The van der Waals surface area contributed by atoms with Crippen molar-refractivity contribution in [2.75, 3.05) is 4.90 Å². The van der Waals surface area contributed by atoms with E-state index in [2.05, 4.69) is 0 Å². The van der Waals surface area contributed by atoms with Crippen LogP contribution in [-0.2, 0) is 16.9 Å². The zero-order valence-electron chi connectivity index (χ0n) is 18.6. The number of para-hydroxylation sites is 1. The molecule has 1 aliphatic heterocycles. The fourth-order valence-corrected chi connectivity index (χ4v) is 4.79. The number of fused-ring (bicyclic) bond motifs is 1. The maximum atomic E-state index is 13.5. The van der Waals surface area contributed by atoms with Gasteiger partial charge in [0.2, 0.25) is 0 Å². The van der Waals surface area contributed by atoms with Crippen LogP contribution in [0.5, 0.6) is 0 Å². The standard InChI is InChI=1S/C29H21Cl2NO3/c30-24-15-10-19(16-25(24)31)18-32-26-9-5-4-8-23(26)29(35,28(32)34)17-27(33)22-13-11-21(12-14-22)20-6-2-1-3-7-20/h1-16,35H,17-18H2. The number of Topliss-reactive ketones (excluding diaryl/α,β-unsaturated/α-hetero) is 1. The van der Waals surface area contributed by atoms with Crippen LogP contribution in [0.25, 0.3) is 11.1 Å². The van der Waals surface area contributed by atoms with E-state index in [4.69, 9.17) is 23.2 Å². The third-order valence-corrected chi connectivity index (χ3v) is 7.03. The molecule has 1 heterocycles. The lowest BCUT2D eigenvalue weighted by Gasteiger charge is -2.23. The van der Waals surface area contributed by atoms with Gasteiger partial charge in [0.15, 0.2) is 11.4 Å². The van der Waals surface area contributed by atoms with Crippen molar-refractivity contribution in [3.63, 3.8) is 0 Å². The first kappa shape index (κ1) is 23.3. The molecule has 0 saturated heterocycles. The largest absolute Gasteiger partial charge is 0.375 e. The Morgan fingerprint density at radius 3 is 2.17 bits per heavy atom. The minimum Gasteiger partial charge on any atom is -0.375 e. The summed E-state index contributed by atoms with van der Waals surface area (Å²) in [6, 6.07) is 29.2. The van der Waals surface area contributed by atoms with Crippen LogP contribution in [0.4, 0.5) is 5.69 Å². The van der Waals surface area contributed by atoms with E-state index in [-0.39, 0.29) is 18.7 Å². The average molecular weight is 502 g/mol. The second-order valence-electron chi connectivity index (χ2n) is 8.56. The Labute approximate surface area is 213 Å². The second-order valence-corrected chi connectivity index (χ2v) is 9.37. The topological polar surface area (TPSA) is 57.6 Å². The van der Waals surface area contributed by atoms with Gasteiger partial charge in [-0.1, -0.05) is 102 Å². The Bertz CT molecular complexity index is 1420. The molecule has 1 amide bonds. The van der Waals surface area contributed by atoms with Gasteiger partial charge in [-0.2, -0.15) is 0 Å². The highest BCUT2D eigenvalue weighted by atomic mass is 35.5. The number of hydrogen-bond donors (Lipinski definition) is 1. The molecule has 1 atom stereocenters. The summed E-state index contributed by atoms with van der Waals surface area (Å²) in [4.78, 5) is 28.2. The number of ketones is 1. The lowest BCUT2D eigenvalue weighted by Crippen LogP contribution is -2.41. The second kappa shape index (κ2) is 9.31. The summed E-state index contributed by atoms with van der Waals surface area (Å²) in [5.74, 6) is -0.856. The Kier molecular flexibility index (Phi) is 6.20. The van der Waals surface area contributed by atoms with Crippen molar-refractivity contribution in [2.24, 2.45) is 0 Å². The monoisotopic (exact) mass is 501 g/mol. The molecule has 0 aromatic heterocycles. The van der Waals surface area contributed by atoms with E-state index in [9.17, 15) is 14.7 Å². The summed E-state index contributed by atoms with van der Waals surface area (Å²) >= 11 is 12.2. The van der Waals surface area contributed by atoms with Gasteiger partial charge in [0.1, 0.15) is 0 Å². The van der Waals surface area contributed by atoms with Crippen molar-refractivity contribution < 1.29 is 14.7 Å². The highest BCUT2D eigenvalue weighted by Crippen LogP contribution is 2.43. The van der Waals surface area contributed by atoms with Gasteiger partial charge < -0.3 is 10.0 Å². The first-order chi connectivity index (χ1) is 16.9. The number of halogens is 2. The lowest BCUT2D eigenvalue weighted by atomic mass is 9.88. The number of anilines is 1.